The van der Waals surface area contributed by atoms with Gasteiger partial charge in [-0.15, -0.1) is 0 Å². The van der Waals surface area contributed by atoms with Crippen molar-refractivity contribution >= 4 is 21.6 Å². The van der Waals surface area contributed by atoms with E-state index in [1.54, 1.807) is 30.3 Å². The first-order valence-electron chi connectivity index (χ1n) is 12.8. The largest absolute Gasteiger partial charge is 0.487 e. The fourth-order valence-electron chi connectivity index (χ4n) is 5.02. The van der Waals surface area contributed by atoms with Gasteiger partial charge in [0.1, 0.15) is 17.9 Å². The van der Waals surface area contributed by atoms with Crippen LogP contribution < -0.4 is 14.4 Å². The summed E-state index contributed by atoms with van der Waals surface area (Å²) in [6.07, 6.45) is 2.23. The second-order valence-corrected chi connectivity index (χ2v) is 11.8. The smallest absolute Gasteiger partial charge is 0.264 e. The van der Waals surface area contributed by atoms with E-state index in [4.69, 9.17) is 4.74 Å². The Morgan fingerprint density at radius 3 is 2.27 bits per heavy atom. The van der Waals surface area contributed by atoms with Crippen molar-refractivity contribution in [3.8, 4) is 5.75 Å². The molecule has 0 spiro atoms. The SMILES string of the molecule is CCC1(CC)C[C@@H](NC(=O)CN(c2ccc(C)cc2C)S(=O)(=O)c2ccc(C)cc2)c2ccccc2O1. The number of nitrogens with one attached hydrogen (secondary N) is 1. The number of anilines is 1. The number of nitrogens with zero attached hydrogens (tertiary/aromatic N) is 1. The Morgan fingerprint density at radius 2 is 1.62 bits per heavy atom. The average molecular weight is 521 g/mol. The number of fused-ring (bicyclic) bond motifs is 1. The van der Waals surface area contributed by atoms with Crippen molar-refractivity contribution < 1.29 is 17.9 Å². The number of benzene rings is 3. The van der Waals surface area contributed by atoms with Crippen LogP contribution in [0.2, 0.25) is 0 Å². The predicted octanol–water partition coefficient (Wildman–Crippen LogP) is 6.01. The summed E-state index contributed by atoms with van der Waals surface area (Å²) in [7, 11) is -3.99. The zero-order chi connectivity index (χ0) is 26.8. The van der Waals surface area contributed by atoms with Crippen molar-refractivity contribution in [2.75, 3.05) is 10.8 Å². The molecule has 6 nitrogen and oxygen atoms in total. The third kappa shape index (κ3) is 5.52. The molecular formula is C30H36N2O4S. The second kappa shape index (κ2) is 10.6. The summed E-state index contributed by atoms with van der Waals surface area (Å²) in [5, 5.41) is 3.14. The van der Waals surface area contributed by atoms with E-state index in [2.05, 4.69) is 19.2 Å². The molecule has 1 aliphatic rings. The number of carbonyl (C=O) groups excluding carboxylic acids is 1. The molecule has 0 saturated heterocycles. The summed E-state index contributed by atoms with van der Waals surface area (Å²) in [5.74, 6) is 0.403. The average Bonchev–Trinajstić information content (AvgIpc) is 2.87. The van der Waals surface area contributed by atoms with Gasteiger partial charge in [-0.05, 0) is 63.4 Å². The van der Waals surface area contributed by atoms with Crippen LogP contribution in [0.1, 0.15) is 61.4 Å². The highest BCUT2D eigenvalue weighted by molar-refractivity contribution is 7.92. The maximum Gasteiger partial charge on any atom is 0.264 e. The number of hydrogen-bond acceptors (Lipinski definition) is 4. The van der Waals surface area contributed by atoms with Crippen LogP contribution in [-0.2, 0) is 14.8 Å². The highest BCUT2D eigenvalue weighted by atomic mass is 32.2. The fraction of sp³-hybridized carbons (Fsp3) is 0.367. The van der Waals surface area contributed by atoms with E-state index in [-0.39, 0.29) is 29.0 Å². The summed E-state index contributed by atoms with van der Waals surface area (Å²) in [6.45, 7) is 9.58. The molecule has 196 valence electrons. The Kier molecular flexibility index (Phi) is 7.64. The molecule has 0 unspecified atom stereocenters. The van der Waals surface area contributed by atoms with Gasteiger partial charge in [-0.3, -0.25) is 9.10 Å². The van der Waals surface area contributed by atoms with Crippen LogP contribution in [0.4, 0.5) is 5.69 Å². The monoisotopic (exact) mass is 520 g/mol. The van der Waals surface area contributed by atoms with E-state index in [1.165, 1.54) is 4.31 Å². The summed E-state index contributed by atoms with van der Waals surface area (Å²) < 4.78 is 35.3. The number of rotatable bonds is 8. The molecule has 4 rings (SSSR count). The molecule has 1 heterocycles. The minimum absolute atomic E-state index is 0.151. The lowest BCUT2D eigenvalue weighted by atomic mass is 9.83. The third-order valence-electron chi connectivity index (χ3n) is 7.34. The van der Waals surface area contributed by atoms with Crippen molar-refractivity contribution in [1.29, 1.82) is 0 Å². The lowest BCUT2D eigenvalue weighted by Crippen LogP contribution is -2.47. The number of carbonyl (C=O) groups is 1. The number of sulfonamides is 1. The maximum atomic E-state index is 13.8. The molecule has 0 bridgehead atoms. The Bertz CT molecular complexity index is 1380. The van der Waals surface area contributed by atoms with Crippen LogP contribution in [0.3, 0.4) is 0 Å². The van der Waals surface area contributed by atoms with Gasteiger partial charge in [0.2, 0.25) is 5.91 Å². The van der Waals surface area contributed by atoms with Crippen LogP contribution >= 0.6 is 0 Å². The molecule has 0 saturated carbocycles. The molecule has 1 aliphatic heterocycles. The molecule has 37 heavy (non-hydrogen) atoms. The molecule has 1 N–H and O–H groups in total. The Hall–Kier alpha value is -3.32. The van der Waals surface area contributed by atoms with Crippen molar-refractivity contribution in [3.63, 3.8) is 0 Å². The minimum atomic E-state index is -3.99. The first-order valence-corrected chi connectivity index (χ1v) is 14.3. The van der Waals surface area contributed by atoms with Crippen molar-refractivity contribution in [1.82, 2.24) is 5.32 Å². The molecule has 0 aromatic heterocycles. The Morgan fingerprint density at radius 1 is 0.973 bits per heavy atom. The van der Waals surface area contributed by atoms with Gasteiger partial charge in [0.15, 0.2) is 0 Å². The summed E-state index contributed by atoms with van der Waals surface area (Å²) in [4.78, 5) is 13.7. The summed E-state index contributed by atoms with van der Waals surface area (Å²) in [5.41, 5.74) is 3.79. The van der Waals surface area contributed by atoms with Gasteiger partial charge >= 0.3 is 0 Å². The number of amides is 1. The van der Waals surface area contributed by atoms with Crippen molar-refractivity contribution in [2.45, 2.75) is 70.4 Å². The van der Waals surface area contributed by atoms with Gasteiger partial charge in [-0.25, -0.2) is 8.42 Å². The van der Waals surface area contributed by atoms with E-state index in [9.17, 15) is 13.2 Å². The van der Waals surface area contributed by atoms with E-state index in [0.29, 0.717) is 12.1 Å². The van der Waals surface area contributed by atoms with Gasteiger partial charge < -0.3 is 10.1 Å². The van der Waals surface area contributed by atoms with Crippen LogP contribution in [-0.4, -0.2) is 26.5 Å². The van der Waals surface area contributed by atoms with Crippen LogP contribution in [0.5, 0.6) is 5.75 Å². The zero-order valence-electron chi connectivity index (χ0n) is 22.2. The first kappa shape index (κ1) is 26.7. The second-order valence-electron chi connectivity index (χ2n) is 9.97. The van der Waals surface area contributed by atoms with Crippen LogP contribution in [0.25, 0.3) is 0 Å². The van der Waals surface area contributed by atoms with E-state index in [0.717, 1.165) is 40.8 Å². The number of para-hydroxylation sites is 1. The lowest BCUT2D eigenvalue weighted by Gasteiger charge is -2.41. The highest BCUT2D eigenvalue weighted by Crippen LogP contribution is 2.42. The quantitative estimate of drug-likeness (QED) is 0.395. The molecule has 1 amide bonds. The highest BCUT2D eigenvalue weighted by Gasteiger charge is 2.39. The predicted molar refractivity (Wildman–Crippen MR) is 148 cm³/mol. The molecule has 1 atom stereocenters. The third-order valence-corrected chi connectivity index (χ3v) is 9.11. The lowest BCUT2D eigenvalue weighted by molar-refractivity contribution is -0.121. The van der Waals surface area contributed by atoms with Gasteiger partial charge in [0, 0.05) is 12.0 Å². The van der Waals surface area contributed by atoms with E-state index >= 15 is 0 Å². The number of aryl methyl sites for hydroxylation is 3. The Balaban J connectivity index is 1.68. The first-order chi connectivity index (χ1) is 17.6. The standard InChI is InChI=1S/C30H36N2O4S/c1-6-30(7-2)19-26(25-10-8-9-11-28(25)36-30)31-29(33)20-32(27-17-14-22(4)18-23(27)5)37(34,35)24-15-12-21(3)13-16-24/h8-18,26H,6-7,19-20H2,1-5H3,(H,31,33)/t26-/m1/s1. The van der Waals surface area contributed by atoms with E-state index in [1.807, 2.05) is 57.2 Å². The number of hydrogen-bond donors (Lipinski definition) is 1. The molecule has 0 radical (unpaired) electrons. The molecular weight excluding hydrogens is 484 g/mol. The fourth-order valence-corrected chi connectivity index (χ4v) is 6.51. The zero-order valence-corrected chi connectivity index (χ0v) is 23.1. The van der Waals surface area contributed by atoms with Crippen molar-refractivity contribution in [3.05, 3.63) is 89.0 Å². The summed E-state index contributed by atoms with van der Waals surface area (Å²) in [6, 6.07) is 19.7. The Labute approximate surface area is 220 Å². The van der Waals surface area contributed by atoms with Gasteiger partial charge in [-0.1, -0.05) is 67.4 Å². The molecule has 0 fully saturated rings. The normalized spacial score (nSPS) is 16.4. The number of ether oxygens (including phenoxy) is 1. The molecule has 7 heteroatoms. The molecule has 0 aliphatic carbocycles. The van der Waals surface area contributed by atoms with Gasteiger partial charge in [0.05, 0.1) is 16.6 Å². The van der Waals surface area contributed by atoms with Gasteiger partial charge in [-0.2, -0.15) is 0 Å². The topological polar surface area (TPSA) is 75.7 Å². The van der Waals surface area contributed by atoms with Crippen LogP contribution in [0, 0.1) is 20.8 Å². The maximum absolute atomic E-state index is 13.8. The van der Waals surface area contributed by atoms with Crippen molar-refractivity contribution in [2.24, 2.45) is 0 Å². The van der Waals surface area contributed by atoms with Crippen LogP contribution in [0.15, 0.2) is 71.6 Å². The van der Waals surface area contributed by atoms with E-state index < -0.39 is 10.0 Å². The minimum Gasteiger partial charge on any atom is -0.487 e. The summed E-state index contributed by atoms with van der Waals surface area (Å²) >= 11 is 0. The van der Waals surface area contributed by atoms with Gasteiger partial charge in [0.25, 0.3) is 10.0 Å². The molecule has 3 aromatic rings. The molecule has 3 aromatic carbocycles.